The number of carboxylic acid groups (broad SMARTS) is 1. The van der Waals surface area contributed by atoms with Crippen LogP contribution in [0.15, 0.2) is 27.1 Å². The van der Waals surface area contributed by atoms with Gasteiger partial charge in [0.2, 0.25) is 0 Å². The molecule has 0 spiro atoms. The van der Waals surface area contributed by atoms with Crippen molar-refractivity contribution in [3.8, 4) is 0 Å². The van der Waals surface area contributed by atoms with Gasteiger partial charge < -0.3 is 10.0 Å². The van der Waals surface area contributed by atoms with Gasteiger partial charge in [0.1, 0.15) is 5.54 Å². The van der Waals surface area contributed by atoms with Crippen LogP contribution < -0.4 is 0 Å². The standard InChI is InChI=1S/C14H15Br2NO3/c1-14(13(19)20)6-2-3-7-17(14)12(18)10-5-4-9(15)8-11(10)16/h4-5,8H,2-3,6-7H2,1H3,(H,19,20). The van der Waals surface area contributed by atoms with Crippen LogP contribution in [0.5, 0.6) is 0 Å². The molecule has 1 aromatic rings. The van der Waals surface area contributed by atoms with Gasteiger partial charge in [0, 0.05) is 15.5 Å². The third-order valence-corrected chi connectivity index (χ3v) is 4.91. The van der Waals surface area contributed by atoms with Gasteiger partial charge >= 0.3 is 5.97 Å². The fourth-order valence-corrected chi connectivity index (χ4v) is 3.69. The van der Waals surface area contributed by atoms with E-state index >= 15 is 0 Å². The first-order valence-corrected chi connectivity index (χ1v) is 7.95. The molecule has 0 aromatic heterocycles. The van der Waals surface area contributed by atoms with E-state index in [-0.39, 0.29) is 5.91 Å². The normalized spacial score (nSPS) is 22.6. The van der Waals surface area contributed by atoms with E-state index in [0.29, 0.717) is 23.0 Å². The second kappa shape index (κ2) is 5.85. The Bertz CT molecular complexity index is 561. The molecule has 1 N–H and O–H groups in total. The predicted molar refractivity (Wildman–Crippen MR) is 82.8 cm³/mol. The van der Waals surface area contributed by atoms with Crippen molar-refractivity contribution in [3.63, 3.8) is 0 Å². The van der Waals surface area contributed by atoms with E-state index in [1.54, 1.807) is 25.1 Å². The number of carbonyl (C=O) groups excluding carboxylic acids is 1. The highest BCUT2D eigenvalue weighted by atomic mass is 79.9. The molecular weight excluding hydrogens is 390 g/mol. The molecule has 4 nitrogen and oxygen atoms in total. The van der Waals surface area contributed by atoms with E-state index in [0.717, 1.165) is 17.3 Å². The average Bonchev–Trinajstić information content (AvgIpc) is 2.38. The van der Waals surface area contributed by atoms with Crippen molar-refractivity contribution < 1.29 is 14.7 Å². The summed E-state index contributed by atoms with van der Waals surface area (Å²) in [5.41, 5.74) is -0.635. The lowest BCUT2D eigenvalue weighted by Crippen LogP contribution is -2.57. The second-order valence-electron chi connectivity index (χ2n) is 5.12. The molecule has 1 aliphatic rings. The highest BCUT2D eigenvalue weighted by Gasteiger charge is 2.44. The number of likely N-dealkylation sites (tertiary alicyclic amines) is 1. The van der Waals surface area contributed by atoms with Crippen molar-refractivity contribution >= 4 is 43.7 Å². The number of nitrogens with zero attached hydrogens (tertiary/aromatic N) is 1. The summed E-state index contributed by atoms with van der Waals surface area (Å²) in [6, 6.07) is 5.27. The number of halogens is 2. The van der Waals surface area contributed by atoms with Gasteiger partial charge in [-0.1, -0.05) is 15.9 Å². The second-order valence-corrected chi connectivity index (χ2v) is 6.89. The fourth-order valence-electron chi connectivity index (χ4n) is 2.48. The molecule has 1 amide bonds. The molecule has 1 aromatic carbocycles. The van der Waals surface area contributed by atoms with E-state index in [4.69, 9.17) is 0 Å². The number of benzene rings is 1. The molecule has 108 valence electrons. The fraction of sp³-hybridized carbons (Fsp3) is 0.429. The van der Waals surface area contributed by atoms with Crippen LogP contribution in [0.3, 0.4) is 0 Å². The van der Waals surface area contributed by atoms with Crippen LogP contribution in [0.4, 0.5) is 0 Å². The molecule has 0 radical (unpaired) electrons. The molecule has 1 aliphatic heterocycles. The number of piperidine rings is 1. The van der Waals surface area contributed by atoms with Crippen molar-refractivity contribution in [2.24, 2.45) is 0 Å². The van der Waals surface area contributed by atoms with E-state index in [2.05, 4.69) is 31.9 Å². The van der Waals surface area contributed by atoms with Gasteiger partial charge in [-0.25, -0.2) is 4.79 Å². The summed E-state index contributed by atoms with van der Waals surface area (Å²) in [7, 11) is 0. The van der Waals surface area contributed by atoms with Crippen LogP contribution in [-0.2, 0) is 4.79 Å². The number of aliphatic carboxylic acids is 1. The SMILES string of the molecule is CC1(C(=O)O)CCCCN1C(=O)c1ccc(Br)cc1Br. The van der Waals surface area contributed by atoms with Gasteiger partial charge in [0.15, 0.2) is 0 Å². The molecule has 0 bridgehead atoms. The maximum Gasteiger partial charge on any atom is 0.329 e. The maximum atomic E-state index is 12.7. The summed E-state index contributed by atoms with van der Waals surface area (Å²) in [4.78, 5) is 25.7. The smallest absolute Gasteiger partial charge is 0.329 e. The topological polar surface area (TPSA) is 57.6 Å². The summed E-state index contributed by atoms with van der Waals surface area (Å²) in [6.07, 6.45) is 2.15. The Morgan fingerprint density at radius 2 is 2.00 bits per heavy atom. The van der Waals surface area contributed by atoms with Gasteiger partial charge in [0.05, 0.1) is 5.56 Å². The van der Waals surface area contributed by atoms with Gasteiger partial charge in [-0.3, -0.25) is 4.79 Å². The number of carbonyl (C=O) groups is 2. The quantitative estimate of drug-likeness (QED) is 0.817. The molecule has 1 fully saturated rings. The Kier molecular flexibility index (Phi) is 4.54. The Labute approximate surface area is 134 Å². The average molecular weight is 405 g/mol. The molecule has 6 heteroatoms. The lowest BCUT2D eigenvalue weighted by atomic mass is 9.88. The maximum absolute atomic E-state index is 12.7. The zero-order valence-electron chi connectivity index (χ0n) is 11.0. The third-order valence-electron chi connectivity index (χ3n) is 3.76. The zero-order valence-corrected chi connectivity index (χ0v) is 14.2. The van der Waals surface area contributed by atoms with Crippen molar-refractivity contribution in [2.75, 3.05) is 6.54 Å². The highest BCUT2D eigenvalue weighted by Crippen LogP contribution is 2.32. The van der Waals surface area contributed by atoms with Gasteiger partial charge in [-0.2, -0.15) is 0 Å². The highest BCUT2D eigenvalue weighted by molar-refractivity contribution is 9.11. The van der Waals surface area contributed by atoms with Crippen molar-refractivity contribution in [1.29, 1.82) is 0 Å². The number of hydrogen-bond donors (Lipinski definition) is 1. The monoisotopic (exact) mass is 403 g/mol. The molecule has 0 saturated carbocycles. The predicted octanol–water partition coefficient (Wildman–Crippen LogP) is 3.68. The summed E-state index contributed by atoms with van der Waals surface area (Å²) in [5.74, 6) is -1.19. The minimum absolute atomic E-state index is 0.242. The molecule has 1 heterocycles. The first kappa shape index (κ1) is 15.5. The molecule has 1 saturated heterocycles. The summed E-state index contributed by atoms with van der Waals surface area (Å²) < 4.78 is 1.52. The zero-order chi connectivity index (χ0) is 14.9. The molecule has 1 unspecified atom stereocenters. The largest absolute Gasteiger partial charge is 0.480 e. The van der Waals surface area contributed by atoms with Gasteiger partial charge in [0.25, 0.3) is 5.91 Å². The van der Waals surface area contributed by atoms with Crippen LogP contribution in [0.25, 0.3) is 0 Å². The first-order valence-electron chi connectivity index (χ1n) is 6.36. The van der Waals surface area contributed by atoms with Crippen molar-refractivity contribution in [3.05, 3.63) is 32.7 Å². The summed E-state index contributed by atoms with van der Waals surface area (Å²) in [6.45, 7) is 2.10. The summed E-state index contributed by atoms with van der Waals surface area (Å²) in [5, 5.41) is 9.46. The molecular formula is C14H15Br2NO3. The Morgan fingerprint density at radius 1 is 1.30 bits per heavy atom. The number of carboxylic acids is 1. The molecule has 0 aliphatic carbocycles. The lowest BCUT2D eigenvalue weighted by Gasteiger charge is -2.41. The number of hydrogen-bond acceptors (Lipinski definition) is 2. The van der Waals surface area contributed by atoms with Crippen LogP contribution in [-0.4, -0.2) is 34.0 Å². The van der Waals surface area contributed by atoms with E-state index in [9.17, 15) is 14.7 Å². The molecule has 20 heavy (non-hydrogen) atoms. The minimum Gasteiger partial charge on any atom is -0.480 e. The van der Waals surface area contributed by atoms with E-state index in [1.165, 1.54) is 4.90 Å². The van der Waals surface area contributed by atoms with Gasteiger partial charge in [-0.15, -0.1) is 0 Å². The molecule has 1 atom stereocenters. The Hall–Kier alpha value is -0.880. The van der Waals surface area contributed by atoms with Crippen LogP contribution in [0, 0.1) is 0 Å². The first-order chi connectivity index (χ1) is 9.36. The third kappa shape index (κ3) is 2.76. The molecule has 2 rings (SSSR count). The van der Waals surface area contributed by atoms with E-state index < -0.39 is 11.5 Å². The van der Waals surface area contributed by atoms with Crippen LogP contribution in [0.1, 0.15) is 36.5 Å². The van der Waals surface area contributed by atoms with Crippen molar-refractivity contribution in [2.45, 2.75) is 31.7 Å². The number of rotatable bonds is 2. The Balaban J connectivity index is 2.37. The Morgan fingerprint density at radius 3 is 2.60 bits per heavy atom. The van der Waals surface area contributed by atoms with Crippen LogP contribution >= 0.6 is 31.9 Å². The van der Waals surface area contributed by atoms with E-state index in [1.807, 2.05) is 0 Å². The number of amides is 1. The lowest BCUT2D eigenvalue weighted by molar-refractivity contribution is -0.150. The summed E-state index contributed by atoms with van der Waals surface area (Å²) >= 11 is 6.70. The van der Waals surface area contributed by atoms with Crippen LogP contribution in [0.2, 0.25) is 0 Å². The van der Waals surface area contributed by atoms with Gasteiger partial charge in [-0.05, 0) is 60.3 Å². The van der Waals surface area contributed by atoms with Crippen molar-refractivity contribution in [1.82, 2.24) is 4.90 Å². The minimum atomic E-state index is -1.12.